The summed E-state index contributed by atoms with van der Waals surface area (Å²) < 4.78 is 20.5. The highest BCUT2D eigenvalue weighted by Crippen LogP contribution is 2.32. The maximum atomic E-state index is 14.4. The maximum absolute atomic E-state index is 14.4. The molecule has 0 amide bonds. The van der Waals surface area contributed by atoms with Crippen LogP contribution in [0.3, 0.4) is 0 Å². The molecule has 1 heterocycles. The van der Waals surface area contributed by atoms with E-state index in [0.29, 0.717) is 18.0 Å². The molecule has 35 heavy (non-hydrogen) atoms. The predicted molar refractivity (Wildman–Crippen MR) is 147 cm³/mol. The summed E-state index contributed by atoms with van der Waals surface area (Å²) in [6.07, 6.45) is 10.7. The average Bonchev–Trinajstić information content (AvgIpc) is 3.23. The van der Waals surface area contributed by atoms with E-state index < -0.39 is 0 Å². The number of allylic oxidation sites excluding steroid dienone is 5. The standard InChI is InChI=1S/C27H26FNO.C4H7N/c1-18(2)9-8-13-25(23-11-4-6-12-24(23)28)29-17-20-15-16-22-21-10-5-7-14-26(21)30-27(22)19(20)3;1-2-3-4-5/h4-16,18,29H,17H2,1-3H3;2-5H,1H3/b9-8-,25-13-;3-2-,5-4?. The van der Waals surface area contributed by atoms with Crippen LogP contribution < -0.4 is 5.32 Å². The summed E-state index contributed by atoms with van der Waals surface area (Å²) in [5, 5.41) is 12.1. The van der Waals surface area contributed by atoms with Crippen molar-refractivity contribution in [3.8, 4) is 0 Å². The van der Waals surface area contributed by atoms with Gasteiger partial charge in [0, 0.05) is 34.8 Å². The Morgan fingerprint density at radius 3 is 2.43 bits per heavy atom. The van der Waals surface area contributed by atoms with Crippen LogP contribution in [0.25, 0.3) is 27.6 Å². The molecule has 180 valence electrons. The quantitative estimate of drug-likeness (QED) is 0.211. The van der Waals surface area contributed by atoms with E-state index >= 15 is 0 Å². The number of fused-ring (bicyclic) bond motifs is 3. The minimum absolute atomic E-state index is 0.237. The second-order valence-corrected chi connectivity index (χ2v) is 8.56. The van der Waals surface area contributed by atoms with Gasteiger partial charge in [0.2, 0.25) is 0 Å². The zero-order valence-corrected chi connectivity index (χ0v) is 20.8. The lowest BCUT2D eigenvalue weighted by Crippen LogP contribution is -2.13. The Labute approximate surface area is 207 Å². The fourth-order valence-corrected chi connectivity index (χ4v) is 3.74. The van der Waals surface area contributed by atoms with E-state index in [1.54, 1.807) is 18.2 Å². The third-order valence-corrected chi connectivity index (χ3v) is 5.59. The molecule has 4 aromatic rings. The SMILES string of the molecule is C/C=C\C=N.Cc1c(CN/C(=C\C=C/C(C)C)c2ccccc2F)ccc2c1oc1ccccc12. The molecule has 1 aromatic heterocycles. The second-order valence-electron chi connectivity index (χ2n) is 8.56. The first kappa shape index (κ1) is 25.7. The smallest absolute Gasteiger partial charge is 0.138 e. The Morgan fingerprint density at radius 1 is 1.00 bits per heavy atom. The molecule has 0 aliphatic rings. The summed E-state index contributed by atoms with van der Waals surface area (Å²) >= 11 is 0. The summed E-state index contributed by atoms with van der Waals surface area (Å²) in [7, 11) is 0. The molecule has 2 N–H and O–H groups in total. The lowest BCUT2D eigenvalue weighted by Gasteiger charge is -2.14. The van der Waals surface area contributed by atoms with E-state index in [1.165, 1.54) is 12.3 Å². The molecule has 3 nitrogen and oxygen atoms in total. The van der Waals surface area contributed by atoms with E-state index in [9.17, 15) is 4.39 Å². The highest BCUT2D eigenvalue weighted by molar-refractivity contribution is 6.06. The Kier molecular flexibility index (Phi) is 9.19. The fourth-order valence-electron chi connectivity index (χ4n) is 3.74. The summed E-state index contributed by atoms with van der Waals surface area (Å²) in [4.78, 5) is 0. The molecular weight excluding hydrogens is 435 g/mol. The zero-order valence-electron chi connectivity index (χ0n) is 20.8. The van der Waals surface area contributed by atoms with Crippen molar-refractivity contribution < 1.29 is 8.81 Å². The summed E-state index contributed by atoms with van der Waals surface area (Å²) in [5.74, 6) is 0.194. The molecule has 0 fully saturated rings. The summed E-state index contributed by atoms with van der Waals surface area (Å²) in [6, 6.07) is 19.2. The van der Waals surface area contributed by atoms with Crippen molar-refractivity contribution in [1.29, 1.82) is 5.41 Å². The number of rotatable bonds is 7. The Balaban J connectivity index is 0.000000623. The number of halogens is 1. The zero-order chi connectivity index (χ0) is 25.2. The van der Waals surface area contributed by atoms with Crippen LogP contribution in [0.5, 0.6) is 0 Å². The first-order valence-electron chi connectivity index (χ1n) is 11.8. The van der Waals surface area contributed by atoms with E-state index in [1.807, 2.05) is 49.4 Å². The molecule has 0 radical (unpaired) electrons. The van der Waals surface area contributed by atoms with E-state index in [-0.39, 0.29) is 5.82 Å². The van der Waals surface area contributed by atoms with Crippen LogP contribution >= 0.6 is 0 Å². The predicted octanol–water partition coefficient (Wildman–Crippen LogP) is 8.59. The molecule has 0 aliphatic carbocycles. The number of nitrogens with one attached hydrogen (secondary N) is 2. The van der Waals surface area contributed by atoms with Gasteiger partial charge in [0.25, 0.3) is 0 Å². The van der Waals surface area contributed by atoms with Crippen molar-refractivity contribution in [3.63, 3.8) is 0 Å². The van der Waals surface area contributed by atoms with Crippen LogP contribution in [-0.2, 0) is 6.54 Å². The van der Waals surface area contributed by atoms with Gasteiger partial charge in [0.15, 0.2) is 0 Å². The molecule has 0 bridgehead atoms. The molecular formula is C31H33FN2O. The van der Waals surface area contributed by atoms with Crippen LogP contribution in [0.2, 0.25) is 0 Å². The summed E-state index contributed by atoms with van der Waals surface area (Å²) in [6.45, 7) is 8.77. The maximum Gasteiger partial charge on any atom is 0.138 e. The van der Waals surface area contributed by atoms with E-state index in [0.717, 1.165) is 38.8 Å². The highest BCUT2D eigenvalue weighted by Gasteiger charge is 2.12. The number of hydrogen-bond donors (Lipinski definition) is 2. The monoisotopic (exact) mass is 468 g/mol. The Hall–Kier alpha value is -3.92. The Bertz CT molecular complexity index is 1380. The third kappa shape index (κ3) is 6.57. The van der Waals surface area contributed by atoms with Crippen molar-refractivity contribution in [2.24, 2.45) is 5.92 Å². The van der Waals surface area contributed by atoms with Gasteiger partial charge in [-0.25, -0.2) is 4.39 Å². The molecule has 0 spiro atoms. The molecule has 0 saturated heterocycles. The number of para-hydroxylation sites is 1. The van der Waals surface area contributed by atoms with Crippen LogP contribution in [-0.4, -0.2) is 6.21 Å². The number of hydrogen-bond acceptors (Lipinski definition) is 3. The van der Waals surface area contributed by atoms with E-state index in [2.05, 4.69) is 50.4 Å². The lowest BCUT2D eigenvalue weighted by atomic mass is 10.0. The lowest BCUT2D eigenvalue weighted by molar-refractivity contribution is 0.621. The molecule has 3 aromatic carbocycles. The van der Waals surface area contributed by atoms with Gasteiger partial charge in [0.1, 0.15) is 17.0 Å². The summed E-state index contributed by atoms with van der Waals surface area (Å²) in [5.41, 5.74) is 5.35. The Morgan fingerprint density at radius 2 is 1.74 bits per heavy atom. The van der Waals surface area contributed by atoms with Crippen LogP contribution in [0.15, 0.2) is 95.5 Å². The average molecular weight is 469 g/mol. The minimum atomic E-state index is -0.237. The topological polar surface area (TPSA) is 49.0 Å². The number of furan rings is 1. The highest BCUT2D eigenvalue weighted by atomic mass is 19.1. The van der Waals surface area contributed by atoms with Crippen LogP contribution in [0, 0.1) is 24.1 Å². The molecule has 0 saturated carbocycles. The van der Waals surface area contributed by atoms with Crippen molar-refractivity contribution in [2.45, 2.75) is 34.2 Å². The largest absolute Gasteiger partial charge is 0.456 e. The van der Waals surface area contributed by atoms with Gasteiger partial charge in [-0.3, -0.25) is 0 Å². The number of aryl methyl sites for hydroxylation is 1. The van der Waals surface area contributed by atoms with Gasteiger partial charge in [-0.05, 0) is 61.2 Å². The molecule has 4 heteroatoms. The molecule has 0 atom stereocenters. The third-order valence-electron chi connectivity index (χ3n) is 5.59. The van der Waals surface area contributed by atoms with E-state index in [4.69, 9.17) is 9.83 Å². The first-order chi connectivity index (χ1) is 17.0. The van der Waals surface area contributed by atoms with Gasteiger partial charge in [-0.1, -0.05) is 74.5 Å². The van der Waals surface area contributed by atoms with Gasteiger partial charge < -0.3 is 15.1 Å². The minimum Gasteiger partial charge on any atom is -0.456 e. The van der Waals surface area contributed by atoms with Crippen molar-refractivity contribution in [1.82, 2.24) is 5.32 Å². The van der Waals surface area contributed by atoms with Gasteiger partial charge in [-0.15, -0.1) is 0 Å². The van der Waals surface area contributed by atoms with Crippen molar-refractivity contribution in [2.75, 3.05) is 0 Å². The second kappa shape index (κ2) is 12.5. The molecule has 0 aliphatic heterocycles. The van der Waals surface area contributed by atoms with Crippen molar-refractivity contribution >= 4 is 33.9 Å². The van der Waals surface area contributed by atoms with Crippen LogP contribution in [0.4, 0.5) is 4.39 Å². The fraction of sp³-hybridized carbons (Fsp3) is 0.194. The van der Waals surface area contributed by atoms with Crippen LogP contribution in [0.1, 0.15) is 37.5 Å². The van der Waals surface area contributed by atoms with Gasteiger partial charge >= 0.3 is 0 Å². The van der Waals surface area contributed by atoms with Gasteiger partial charge in [-0.2, -0.15) is 0 Å². The number of benzene rings is 3. The molecule has 0 unspecified atom stereocenters. The first-order valence-corrected chi connectivity index (χ1v) is 11.8. The van der Waals surface area contributed by atoms with Crippen molar-refractivity contribution in [3.05, 3.63) is 114 Å². The molecule has 4 rings (SSSR count). The van der Waals surface area contributed by atoms with Gasteiger partial charge in [0.05, 0.1) is 0 Å². The normalized spacial score (nSPS) is 12.0.